The molecule has 1 aliphatic rings. The van der Waals surface area contributed by atoms with E-state index in [0.717, 1.165) is 18.5 Å². The lowest BCUT2D eigenvalue weighted by Crippen LogP contribution is -2.27. The molecule has 1 atom stereocenters. The molecular formula is C11H12BrClFN. The molecular weight excluding hydrogens is 280 g/mol. The molecule has 1 aliphatic heterocycles. The molecule has 0 amide bonds. The van der Waals surface area contributed by atoms with Crippen molar-refractivity contribution in [1.29, 1.82) is 0 Å². The van der Waals surface area contributed by atoms with Crippen LogP contribution in [0.4, 0.5) is 4.39 Å². The van der Waals surface area contributed by atoms with E-state index in [1.165, 1.54) is 12.8 Å². The van der Waals surface area contributed by atoms with E-state index in [1.54, 1.807) is 6.07 Å². The number of benzene rings is 1. The molecule has 0 saturated carbocycles. The molecule has 1 aromatic rings. The van der Waals surface area contributed by atoms with Gasteiger partial charge in [0.25, 0.3) is 0 Å². The summed E-state index contributed by atoms with van der Waals surface area (Å²) in [6.07, 6.45) is 3.44. The minimum Gasteiger partial charge on any atom is -0.310 e. The molecule has 1 saturated heterocycles. The van der Waals surface area contributed by atoms with Gasteiger partial charge in [-0.1, -0.05) is 24.1 Å². The number of halogens is 3. The second-order valence-corrected chi connectivity index (χ2v) is 4.97. The standard InChI is InChI=1S/C11H12BrClFN/c12-10-7(4-5-8(13)11(10)14)9-3-1-2-6-15-9/h4-5,9,15H,1-3,6H2. The molecule has 0 spiro atoms. The van der Waals surface area contributed by atoms with Gasteiger partial charge in [-0.15, -0.1) is 0 Å². The smallest absolute Gasteiger partial charge is 0.156 e. The third-order valence-electron chi connectivity index (χ3n) is 2.75. The second-order valence-electron chi connectivity index (χ2n) is 3.77. The van der Waals surface area contributed by atoms with Gasteiger partial charge in [-0.25, -0.2) is 4.39 Å². The van der Waals surface area contributed by atoms with Gasteiger partial charge in [0.05, 0.1) is 9.50 Å². The Bertz CT molecular complexity index is 364. The summed E-state index contributed by atoms with van der Waals surface area (Å²) in [6, 6.07) is 3.76. The summed E-state index contributed by atoms with van der Waals surface area (Å²) in [7, 11) is 0. The third-order valence-corrected chi connectivity index (χ3v) is 3.85. The van der Waals surface area contributed by atoms with Crippen LogP contribution < -0.4 is 5.32 Å². The second kappa shape index (κ2) is 4.81. The molecule has 0 radical (unpaired) electrons. The molecule has 1 fully saturated rings. The number of hydrogen-bond acceptors (Lipinski definition) is 1. The van der Waals surface area contributed by atoms with Crippen molar-refractivity contribution in [2.75, 3.05) is 6.54 Å². The van der Waals surface area contributed by atoms with E-state index in [0.29, 0.717) is 4.47 Å². The molecule has 1 nitrogen and oxygen atoms in total. The van der Waals surface area contributed by atoms with Crippen LogP contribution in [0.1, 0.15) is 30.9 Å². The Balaban J connectivity index is 2.31. The van der Waals surface area contributed by atoms with Crippen molar-refractivity contribution in [3.63, 3.8) is 0 Å². The average molecular weight is 293 g/mol. The molecule has 1 unspecified atom stereocenters. The van der Waals surface area contributed by atoms with Crippen LogP contribution in [0, 0.1) is 5.82 Å². The first-order valence-corrected chi connectivity index (χ1v) is 6.24. The molecule has 15 heavy (non-hydrogen) atoms. The SMILES string of the molecule is Fc1c(Cl)ccc(C2CCCCN2)c1Br. The molecule has 82 valence electrons. The molecule has 2 rings (SSSR count). The molecule has 1 N–H and O–H groups in total. The highest BCUT2D eigenvalue weighted by Gasteiger charge is 2.19. The maximum atomic E-state index is 13.5. The van der Waals surface area contributed by atoms with Crippen LogP contribution in [0.25, 0.3) is 0 Å². The summed E-state index contributed by atoms with van der Waals surface area (Å²) in [5.41, 5.74) is 0.969. The average Bonchev–Trinajstić information content (AvgIpc) is 2.27. The zero-order chi connectivity index (χ0) is 10.8. The van der Waals surface area contributed by atoms with E-state index in [4.69, 9.17) is 11.6 Å². The van der Waals surface area contributed by atoms with Gasteiger partial charge in [0.1, 0.15) is 0 Å². The fourth-order valence-electron chi connectivity index (χ4n) is 1.93. The van der Waals surface area contributed by atoms with Crippen LogP contribution in [-0.4, -0.2) is 6.54 Å². The highest BCUT2D eigenvalue weighted by Crippen LogP contribution is 2.33. The quantitative estimate of drug-likeness (QED) is 0.770. The Kier molecular flexibility index (Phi) is 3.65. The van der Waals surface area contributed by atoms with E-state index >= 15 is 0 Å². The Morgan fingerprint density at radius 2 is 2.20 bits per heavy atom. The Morgan fingerprint density at radius 1 is 1.40 bits per heavy atom. The maximum Gasteiger partial charge on any atom is 0.156 e. The van der Waals surface area contributed by atoms with Gasteiger partial charge >= 0.3 is 0 Å². The largest absolute Gasteiger partial charge is 0.310 e. The number of nitrogens with one attached hydrogen (secondary N) is 1. The third kappa shape index (κ3) is 2.35. The van der Waals surface area contributed by atoms with Crippen molar-refractivity contribution >= 4 is 27.5 Å². The molecule has 1 heterocycles. The van der Waals surface area contributed by atoms with Crippen LogP contribution in [0.3, 0.4) is 0 Å². The fraction of sp³-hybridized carbons (Fsp3) is 0.455. The van der Waals surface area contributed by atoms with Crippen LogP contribution >= 0.6 is 27.5 Å². The minimum atomic E-state index is -0.360. The van der Waals surface area contributed by atoms with E-state index in [-0.39, 0.29) is 16.9 Å². The summed E-state index contributed by atoms with van der Waals surface area (Å²) < 4.78 is 14.0. The first kappa shape index (κ1) is 11.4. The zero-order valence-electron chi connectivity index (χ0n) is 8.19. The van der Waals surface area contributed by atoms with Gasteiger partial charge in [-0.05, 0) is 46.9 Å². The van der Waals surface area contributed by atoms with Gasteiger partial charge in [-0.3, -0.25) is 0 Å². The van der Waals surface area contributed by atoms with Crippen LogP contribution in [-0.2, 0) is 0 Å². The van der Waals surface area contributed by atoms with Crippen LogP contribution in [0.5, 0.6) is 0 Å². The normalized spacial score (nSPS) is 21.7. The Morgan fingerprint density at radius 3 is 2.87 bits per heavy atom. The summed E-state index contributed by atoms with van der Waals surface area (Å²) in [4.78, 5) is 0. The van der Waals surface area contributed by atoms with E-state index in [2.05, 4.69) is 21.2 Å². The number of rotatable bonds is 1. The van der Waals surface area contributed by atoms with Gasteiger partial charge in [-0.2, -0.15) is 0 Å². The topological polar surface area (TPSA) is 12.0 Å². The number of hydrogen-bond donors (Lipinski definition) is 1. The highest BCUT2D eigenvalue weighted by molar-refractivity contribution is 9.10. The summed E-state index contributed by atoms with van der Waals surface area (Å²) >= 11 is 8.97. The fourth-order valence-corrected chi connectivity index (χ4v) is 2.82. The maximum absolute atomic E-state index is 13.5. The summed E-state index contributed by atoms with van der Waals surface area (Å²) in [5, 5.41) is 3.55. The first-order chi connectivity index (χ1) is 7.20. The van der Waals surface area contributed by atoms with E-state index in [1.807, 2.05) is 6.07 Å². The van der Waals surface area contributed by atoms with Gasteiger partial charge < -0.3 is 5.32 Å². The van der Waals surface area contributed by atoms with Crippen molar-refractivity contribution in [3.05, 3.63) is 33.0 Å². The molecule has 4 heteroatoms. The highest BCUT2D eigenvalue weighted by atomic mass is 79.9. The van der Waals surface area contributed by atoms with Crippen molar-refractivity contribution in [2.24, 2.45) is 0 Å². The first-order valence-electron chi connectivity index (χ1n) is 5.07. The molecule has 0 aliphatic carbocycles. The van der Waals surface area contributed by atoms with Crippen LogP contribution in [0.2, 0.25) is 5.02 Å². The van der Waals surface area contributed by atoms with Crippen molar-refractivity contribution in [2.45, 2.75) is 25.3 Å². The van der Waals surface area contributed by atoms with Gasteiger partial charge in [0.15, 0.2) is 5.82 Å². The van der Waals surface area contributed by atoms with Crippen molar-refractivity contribution < 1.29 is 4.39 Å². The lowest BCUT2D eigenvalue weighted by Gasteiger charge is -2.25. The monoisotopic (exact) mass is 291 g/mol. The van der Waals surface area contributed by atoms with Crippen molar-refractivity contribution in [1.82, 2.24) is 5.32 Å². The Hall–Kier alpha value is -0.120. The van der Waals surface area contributed by atoms with Gasteiger partial charge in [0, 0.05) is 6.04 Å². The Labute approximate surface area is 102 Å². The summed E-state index contributed by atoms with van der Waals surface area (Å²) in [5.74, 6) is -0.360. The predicted molar refractivity (Wildman–Crippen MR) is 63.7 cm³/mol. The molecule has 0 aromatic heterocycles. The number of piperidine rings is 1. The lowest BCUT2D eigenvalue weighted by molar-refractivity contribution is 0.409. The summed E-state index contributed by atoms with van der Waals surface area (Å²) in [6.45, 7) is 1.00. The van der Waals surface area contributed by atoms with E-state index in [9.17, 15) is 4.39 Å². The molecule has 0 bridgehead atoms. The zero-order valence-corrected chi connectivity index (χ0v) is 10.5. The molecule has 1 aromatic carbocycles. The van der Waals surface area contributed by atoms with Gasteiger partial charge in [0.2, 0.25) is 0 Å². The van der Waals surface area contributed by atoms with E-state index < -0.39 is 0 Å². The van der Waals surface area contributed by atoms with Crippen molar-refractivity contribution in [3.8, 4) is 0 Å². The minimum absolute atomic E-state index is 0.168. The van der Waals surface area contributed by atoms with Crippen LogP contribution in [0.15, 0.2) is 16.6 Å². The predicted octanol–water partition coefficient (Wildman–Crippen LogP) is 4.06. The lowest BCUT2D eigenvalue weighted by atomic mass is 9.97.